The summed E-state index contributed by atoms with van der Waals surface area (Å²) in [5, 5.41) is 2.70. The molecule has 1 N–H and O–H groups in total. The summed E-state index contributed by atoms with van der Waals surface area (Å²) in [6, 6.07) is 5.35. The maximum Gasteiger partial charge on any atom is 0.416 e. The molecule has 2 aliphatic rings. The molecule has 8 heteroatoms. The number of amides is 2. The smallest absolute Gasteiger partial charge is 0.416 e. The summed E-state index contributed by atoms with van der Waals surface area (Å²) in [6.45, 7) is 2.58. The molecular formula is C20H25F3N2O3. The van der Waals surface area contributed by atoms with E-state index in [9.17, 15) is 22.8 Å². The van der Waals surface area contributed by atoms with Crippen LogP contribution >= 0.6 is 0 Å². The minimum Gasteiger partial charge on any atom is -0.453 e. The number of hydrogen-bond donors (Lipinski definition) is 1. The Balaban J connectivity index is 1.53. The molecule has 3 rings (SSSR count). The molecule has 154 valence electrons. The number of nitrogens with zero attached hydrogens (tertiary/aromatic N) is 1. The van der Waals surface area contributed by atoms with Crippen molar-refractivity contribution in [2.75, 3.05) is 13.7 Å². The summed E-state index contributed by atoms with van der Waals surface area (Å²) in [6.07, 6.45) is -2.13. The minimum absolute atomic E-state index is 0.0265. The lowest BCUT2D eigenvalue weighted by Crippen LogP contribution is -2.53. The van der Waals surface area contributed by atoms with Crippen molar-refractivity contribution in [3.05, 3.63) is 35.4 Å². The third kappa shape index (κ3) is 4.42. The Kier molecular flexibility index (Phi) is 5.86. The van der Waals surface area contributed by atoms with Gasteiger partial charge in [-0.05, 0) is 56.2 Å². The van der Waals surface area contributed by atoms with Gasteiger partial charge in [-0.2, -0.15) is 13.2 Å². The van der Waals surface area contributed by atoms with E-state index in [-0.39, 0.29) is 29.8 Å². The lowest BCUT2D eigenvalue weighted by Gasteiger charge is -2.43. The zero-order chi connectivity index (χ0) is 20.5. The van der Waals surface area contributed by atoms with E-state index < -0.39 is 17.8 Å². The van der Waals surface area contributed by atoms with Crippen LogP contribution in [0.4, 0.5) is 18.0 Å². The SMILES string of the molecule is COC(=O)NC1CC(C(=O)N2CCC(c3ccc(C(F)(F)F)cc3)CC2C)C1. The van der Waals surface area contributed by atoms with Crippen LogP contribution in [-0.2, 0) is 15.7 Å². The number of alkyl carbamates (subject to hydrolysis) is 1. The number of carbonyl (C=O) groups is 2. The first-order valence-corrected chi connectivity index (χ1v) is 9.51. The Bertz CT molecular complexity index is 714. The first-order valence-electron chi connectivity index (χ1n) is 9.51. The van der Waals surface area contributed by atoms with Crippen LogP contribution in [0.5, 0.6) is 0 Å². The summed E-state index contributed by atoms with van der Waals surface area (Å²) >= 11 is 0. The first-order chi connectivity index (χ1) is 13.2. The van der Waals surface area contributed by atoms with Gasteiger partial charge in [0.05, 0.1) is 12.7 Å². The Morgan fingerprint density at radius 2 is 1.79 bits per heavy atom. The fourth-order valence-electron chi connectivity index (χ4n) is 4.14. The van der Waals surface area contributed by atoms with E-state index in [1.807, 2.05) is 11.8 Å². The first kappa shape index (κ1) is 20.5. The molecule has 2 amide bonds. The van der Waals surface area contributed by atoms with E-state index in [4.69, 9.17) is 0 Å². The zero-order valence-corrected chi connectivity index (χ0v) is 16.0. The highest BCUT2D eigenvalue weighted by Crippen LogP contribution is 2.37. The molecule has 2 fully saturated rings. The van der Waals surface area contributed by atoms with Crippen molar-refractivity contribution in [2.45, 2.75) is 56.8 Å². The van der Waals surface area contributed by atoms with Crippen LogP contribution < -0.4 is 5.32 Å². The number of benzene rings is 1. The zero-order valence-electron chi connectivity index (χ0n) is 16.0. The minimum atomic E-state index is -4.33. The molecule has 0 radical (unpaired) electrons. The van der Waals surface area contributed by atoms with E-state index in [1.54, 1.807) is 12.1 Å². The number of rotatable bonds is 3. The standard InChI is InChI=1S/C20H25F3N2O3/c1-12-9-14(13-3-5-16(6-4-13)20(21,22)23)7-8-25(12)18(26)15-10-17(11-15)24-19(27)28-2/h3-6,12,14-15,17H,7-11H2,1-2H3,(H,24,27). The molecule has 1 aliphatic heterocycles. The molecule has 1 heterocycles. The van der Waals surface area contributed by atoms with E-state index >= 15 is 0 Å². The van der Waals surface area contributed by atoms with Crippen molar-refractivity contribution in [1.29, 1.82) is 0 Å². The van der Waals surface area contributed by atoms with Gasteiger partial charge in [-0.1, -0.05) is 12.1 Å². The Morgan fingerprint density at radius 1 is 1.14 bits per heavy atom. The molecule has 1 aromatic rings. The van der Waals surface area contributed by atoms with Gasteiger partial charge in [0.25, 0.3) is 0 Å². The van der Waals surface area contributed by atoms with Gasteiger partial charge >= 0.3 is 12.3 Å². The summed E-state index contributed by atoms with van der Waals surface area (Å²) in [5.74, 6) is 0.157. The van der Waals surface area contributed by atoms with Crippen LogP contribution in [0.3, 0.4) is 0 Å². The molecular weight excluding hydrogens is 373 g/mol. The summed E-state index contributed by atoms with van der Waals surface area (Å²) in [4.78, 5) is 25.8. The number of alkyl halides is 3. The second-order valence-corrected chi connectivity index (χ2v) is 7.72. The number of likely N-dealkylation sites (tertiary alicyclic amines) is 1. The van der Waals surface area contributed by atoms with E-state index in [0.717, 1.165) is 30.5 Å². The fraction of sp³-hybridized carbons (Fsp3) is 0.600. The van der Waals surface area contributed by atoms with Crippen molar-refractivity contribution in [3.8, 4) is 0 Å². The highest BCUT2D eigenvalue weighted by atomic mass is 19.4. The number of piperidine rings is 1. The lowest BCUT2D eigenvalue weighted by molar-refractivity contribution is -0.142. The number of hydrogen-bond acceptors (Lipinski definition) is 3. The number of methoxy groups -OCH3 is 1. The molecule has 2 unspecified atom stereocenters. The molecule has 5 nitrogen and oxygen atoms in total. The second-order valence-electron chi connectivity index (χ2n) is 7.72. The van der Waals surface area contributed by atoms with Gasteiger partial charge in [-0.3, -0.25) is 4.79 Å². The largest absolute Gasteiger partial charge is 0.453 e. The average Bonchev–Trinajstić information content (AvgIpc) is 2.63. The molecule has 0 bridgehead atoms. The van der Waals surface area contributed by atoms with E-state index in [2.05, 4.69) is 10.1 Å². The van der Waals surface area contributed by atoms with Crippen molar-refractivity contribution < 1.29 is 27.5 Å². The normalized spacial score (nSPS) is 27.7. The highest BCUT2D eigenvalue weighted by Gasteiger charge is 2.40. The van der Waals surface area contributed by atoms with Crippen LogP contribution in [0.15, 0.2) is 24.3 Å². The van der Waals surface area contributed by atoms with Crippen LogP contribution in [0.2, 0.25) is 0 Å². The summed E-state index contributed by atoms with van der Waals surface area (Å²) in [5.41, 5.74) is 0.245. The van der Waals surface area contributed by atoms with Gasteiger partial charge < -0.3 is 15.0 Å². The van der Waals surface area contributed by atoms with E-state index in [1.165, 1.54) is 7.11 Å². The predicted molar refractivity (Wildman–Crippen MR) is 96.6 cm³/mol. The van der Waals surface area contributed by atoms with Gasteiger partial charge in [0, 0.05) is 24.5 Å². The Morgan fingerprint density at radius 3 is 2.32 bits per heavy atom. The van der Waals surface area contributed by atoms with Crippen LogP contribution in [0.1, 0.15) is 49.7 Å². The van der Waals surface area contributed by atoms with Crippen molar-refractivity contribution in [2.24, 2.45) is 5.92 Å². The van der Waals surface area contributed by atoms with Gasteiger partial charge in [-0.15, -0.1) is 0 Å². The molecule has 1 aliphatic carbocycles. The number of halogens is 3. The average molecular weight is 398 g/mol. The lowest BCUT2D eigenvalue weighted by atomic mass is 9.78. The van der Waals surface area contributed by atoms with Crippen molar-refractivity contribution in [3.63, 3.8) is 0 Å². The number of nitrogens with one attached hydrogen (secondary N) is 1. The van der Waals surface area contributed by atoms with Crippen molar-refractivity contribution in [1.82, 2.24) is 10.2 Å². The van der Waals surface area contributed by atoms with Gasteiger partial charge in [0.2, 0.25) is 5.91 Å². The predicted octanol–water partition coefficient (Wildman–Crippen LogP) is 3.93. The molecule has 1 saturated carbocycles. The monoisotopic (exact) mass is 398 g/mol. The van der Waals surface area contributed by atoms with Crippen molar-refractivity contribution >= 4 is 12.0 Å². The van der Waals surface area contributed by atoms with Crippen LogP contribution in [-0.4, -0.2) is 42.6 Å². The molecule has 0 spiro atoms. The molecule has 2 atom stereocenters. The van der Waals surface area contributed by atoms with Gasteiger partial charge in [-0.25, -0.2) is 4.79 Å². The number of carbonyl (C=O) groups excluding carboxylic acids is 2. The molecule has 0 aromatic heterocycles. The Labute approximate surface area is 162 Å². The Hall–Kier alpha value is -2.25. The molecule has 28 heavy (non-hydrogen) atoms. The maximum atomic E-state index is 12.7. The molecule has 1 aromatic carbocycles. The summed E-state index contributed by atoms with van der Waals surface area (Å²) in [7, 11) is 1.30. The fourth-order valence-corrected chi connectivity index (χ4v) is 4.14. The quantitative estimate of drug-likeness (QED) is 0.839. The molecule has 1 saturated heterocycles. The second kappa shape index (κ2) is 8.01. The number of ether oxygens (including phenoxy) is 1. The topological polar surface area (TPSA) is 58.6 Å². The van der Waals surface area contributed by atoms with Gasteiger partial charge in [0.1, 0.15) is 0 Å². The maximum absolute atomic E-state index is 12.7. The third-order valence-corrected chi connectivity index (χ3v) is 5.86. The third-order valence-electron chi connectivity index (χ3n) is 5.86. The summed E-state index contributed by atoms with van der Waals surface area (Å²) < 4.78 is 42.7. The van der Waals surface area contributed by atoms with Crippen LogP contribution in [0.25, 0.3) is 0 Å². The van der Waals surface area contributed by atoms with E-state index in [0.29, 0.717) is 19.4 Å². The highest BCUT2D eigenvalue weighted by molar-refractivity contribution is 5.80. The van der Waals surface area contributed by atoms with Gasteiger partial charge in [0.15, 0.2) is 0 Å². The van der Waals surface area contributed by atoms with Crippen LogP contribution in [0, 0.1) is 5.92 Å².